The fourth-order valence-corrected chi connectivity index (χ4v) is 2.71. The fraction of sp³-hybridized carbons (Fsp3) is 0.353. The van der Waals surface area contributed by atoms with E-state index in [0.29, 0.717) is 36.3 Å². The molecule has 7 nitrogen and oxygen atoms in total. The zero-order valence-corrected chi connectivity index (χ0v) is 13.2. The average Bonchev–Trinajstić information content (AvgIpc) is 2.98. The van der Waals surface area contributed by atoms with Crippen molar-refractivity contribution in [3.8, 4) is 11.6 Å². The van der Waals surface area contributed by atoms with Crippen molar-refractivity contribution in [3.63, 3.8) is 0 Å². The molecule has 1 aromatic heterocycles. The van der Waals surface area contributed by atoms with Crippen LogP contribution < -0.4 is 14.8 Å². The minimum absolute atomic E-state index is 0.0270. The van der Waals surface area contributed by atoms with Gasteiger partial charge in [-0.05, 0) is 36.9 Å². The van der Waals surface area contributed by atoms with Gasteiger partial charge in [0, 0.05) is 18.0 Å². The van der Waals surface area contributed by atoms with Crippen LogP contribution in [0.1, 0.15) is 30.1 Å². The topological polar surface area (TPSA) is 97.8 Å². The van der Waals surface area contributed by atoms with E-state index >= 15 is 0 Å². The van der Waals surface area contributed by atoms with E-state index in [1.807, 2.05) is 0 Å². The molecular formula is C17H18N2O5. The summed E-state index contributed by atoms with van der Waals surface area (Å²) in [6.45, 7) is 2.47. The number of hydrogen-bond acceptors (Lipinski definition) is 5. The maximum absolute atomic E-state index is 11.4. The molecule has 0 bridgehead atoms. The van der Waals surface area contributed by atoms with Crippen LogP contribution in [0.3, 0.4) is 0 Å². The molecule has 7 heteroatoms. The van der Waals surface area contributed by atoms with Gasteiger partial charge < -0.3 is 19.9 Å². The van der Waals surface area contributed by atoms with Crippen LogP contribution in [-0.4, -0.2) is 41.2 Å². The van der Waals surface area contributed by atoms with Crippen molar-refractivity contribution >= 4 is 22.6 Å². The largest absolute Gasteiger partial charge is 0.493 e. The highest BCUT2D eigenvalue weighted by Crippen LogP contribution is 2.31. The number of fused-ring (bicyclic) bond motifs is 1. The van der Waals surface area contributed by atoms with E-state index in [1.165, 1.54) is 0 Å². The third-order valence-corrected chi connectivity index (χ3v) is 3.86. The van der Waals surface area contributed by atoms with E-state index in [0.717, 1.165) is 6.42 Å². The first-order valence-electron chi connectivity index (χ1n) is 7.79. The molecule has 0 aliphatic carbocycles. The van der Waals surface area contributed by atoms with Gasteiger partial charge in [0.2, 0.25) is 11.8 Å². The number of hydrogen-bond donors (Lipinski definition) is 2. The Bertz CT molecular complexity index is 790. The maximum Gasteiger partial charge on any atom is 0.339 e. The van der Waals surface area contributed by atoms with E-state index in [1.54, 1.807) is 31.3 Å². The summed E-state index contributed by atoms with van der Waals surface area (Å²) < 4.78 is 11.2. The van der Waals surface area contributed by atoms with Crippen LogP contribution in [-0.2, 0) is 4.79 Å². The smallest absolute Gasteiger partial charge is 0.339 e. The van der Waals surface area contributed by atoms with Gasteiger partial charge in [0.25, 0.3) is 0 Å². The van der Waals surface area contributed by atoms with Crippen LogP contribution in [0.5, 0.6) is 11.6 Å². The second-order valence-corrected chi connectivity index (χ2v) is 5.54. The number of carboxylic acids is 1. The Balaban J connectivity index is 1.91. The molecule has 2 N–H and O–H groups in total. The van der Waals surface area contributed by atoms with E-state index < -0.39 is 5.97 Å². The predicted octanol–water partition coefficient (Wildman–Crippen LogP) is 1.99. The first-order valence-corrected chi connectivity index (χ1v) is 7.79. The normalized spacial score (nSPS) is 16.9. The van der Waals surface area contributed by atoms with Gasteiger partial charge >= 0.3 is 5.97 Å². The highest BCUT2D eigenvalue weighted by Gasteiger charge is 2.22. The van der Waals surface area contributed by atoms with Gasteiger partial charge in [-0.3, -0.25) is 4.79 Å². The molecular weight excluding hydrogens is 312 g/mol. The highest BCUT2D eigenvalue weighted by atomic mass is 16.5. The second kappa shape index (κ2) is 6.74. The molecule has 0 unspecified atom stereocenters. The van der Waals surface area contributed by atoms with E-state index in [9.17, 15) is 14.7 Å². The molecule has 1 aliphatic heterocycles. The molecule has 0 saturated carbocycles. The van der Waals surface area contributed by atoms with Gasteiger partial charge in [-0.2, -0.15) is 0 Å². The lowest BCUT2D eigenvalue weighted by atomic mass is 10.1. The molecule has 0 spiro atoms. The number of pyridine rings is 1. The lowest BCUT2D eigenvalue weighted by Crippen LogP contribution is -2.31. The molecule has 1 atom stereocenters. The first kappa shape index (κ1) is 16.0. The van der Waals surface area contributed by atoms with Gasteiger partial charge in [-0.15, -0.1) is 0 Å². The number of aromatic nitrogens is 1. The number of carbonyl (C=O) groups excluding carboxylic acids is 1. The summed E-state index contributed by atoms with van der Waals surface area (Å²) in [4.78, 5) is 26.9. The summed E-state index contributed by atoms with van der Waals surface area (Å²) >= 11 is 0. The van der Waals surface area contributed by atoms with Crippen molar-refractivity contribution in [2.24, 2.45) is 0 Å². The SMILES string of the molecule is CCOc1cc2c(OC[C@@H]3CCC(=O)N3)nccc2cc1C(=O)O. The van der Waals surface area contributed by atoms with Crippen molar-refractivity contribution in [2.75, 3.05) is 13.2 Å². The number of aromatic carboxylic acids is 1. The summed E-state index contributed by atoms with van der Waals surface area (Å²) in [5.74, 6) is -0.344. The molecule has 0 radical (unpaired) electrons. The van der Waals surface area contributed by atoms with Gasteiger partial charge in [-0.25, -0.2) is 9.78 Å². The molecule has 1 aliphatic rings. The Morgan fingerprint density at radius 3 is 2.92 bits per heavy atom. The molecule has 2 heterocycles. The minimum atomic E-state index is -1.05. The Morgan fingerprint density at radius 1 is 1.42 bits per heavy atom. The van der Waals surface area contributed by atoms with Gasteiger partial charge in [-0.1, -0.05) is 0 Å². The van der Waals surface area contributed by atoms with Crippen LogP contribution >= 0.6 is 0 Å². The number of nitrogens with one attached hydrogen (secondary N) is 1. The summed E-state index contributed by atoms with van der Waals surface area (Å²) in [5, 5.41) is 13.5. The van der Waals surface area contributed by atoms with Crippen molar-refractivity contribution < 1.29 is 24.2 Å². The third kappa shape index (κ3) is 3.24. The van der Waals surface area contributed by atoms with Crippen LogP contribution in [0.15, 0.2) is 24.4 Å². The van der Waals surface area contributed by atoms with Gasteiger partial charge in [0.1, 0.15) is 17.9 Å². The Morgan fingerprint density at radius 2 is 2.25 bits per heavy atom. The molecule has 1 aromatic carbocycles. The molecule has 1 fully saturated rings. The number of amides is 1. The third-order valence-electron chi connectivity index (χ3n) is 3.86. The standard InChI is InChI=1S/C17H18N2O5/c1-2-23-14-8-12-10(7-13(14)17(21)22)5-6-18-16(12)24-9-11-3-4-15(20)19-11/h5-8,11H,2-4,9H2,1H3,(H,19,20)(H,21,22)/t11-/m0/s1. The summed E-state index contributed by atoms with van der Waals surface area (Å²) in [6, 6.07) is 4.88. The van der Waals surface area contributed by atoms with Crippen molar-refractivity contribution in [3.05, 3.63) is 30.0 Å². The fourth-order valence-electron chi connectivity index (χ4n) is 2.71. The lowest BCUT2D eigenvalue weighted by Gasteiger charge is -2.14. The number of rotatable bonds is 6. The highest BCUT2D eigenvalue weighted by molar-refractivity contribution is 5.99. The van der Waals surface area contributed by atoms with Crippen LogP contribution in [0, 0.1) is 0 Å². The summed E-state index contributed by atoms with van der Waals surface area (Å²) in [7, 11) is 0. The average molecular weight is 330 g/mol. The van der Waals surface area contributed by atoms with E-state index in [2.05, 4.69) is 10.3 Å². The van der Waals surface area contributed by atoms with E-state index in [-0.39, 0.29) is 23.3 Å². The number of nitrogens with zero attached hydrogens (tertiary/aromatic N) is 1. The zero-order valence-electron chi connectivity index (χ0n) is 13.2. The van der Waals surface area contributed by atoms with Crippen LogP contribution in [0.25, 0.3) is 10.8 Å². The summed E-state index contributed by atoms with van der Waals surface area (Å²) in [6.07, 6.45) is 2.81. The van der Waals surface area contributed by atoms with Crippen LogP contribution in [0.2, 0.25) is 0 Å². The summed E-state index contributed by atoms with van der Waals surface area (Å²) in [5.41, 5.74) is 0.101. The predicted molar refractivity (Wildman–Crippen MR) is 86.5 cm³/mol. The van der Waals surface area contributed by atoms with Crippen molar-refractivity contribution in [1.82, 2.24) is 10.3 Å². The first-order chi connectivity index (χ1) is 11.6. The quantitative estimate of drug-likeness (QED) is 0.840. The molecule has 1 saturated heterocycles. The minimum Gasteiger partial charge on any atom is -0.493 e. The molecule has 2 aromatic rings. The molecule has 126 valence electrons. The van der Waals surface area contributed by atoms with Crippen molar-refractivity contribution in [1.29, 1.82) is 0 Å². The lowest BCUT2D eigenvalue weighted by molar-refractivity contribution is -0.119. The zero-order chi connectivity index (χ0) is 17.1. The molecule has 24 heavy (non-hydrogen) atoms. The Kier molecular flexibility index (Phi) is 4.50. The molecule has 3 rings (SSSR count). The maximum atomic E-state index is 11.4. The number of ether oxygens (including phenoxy) is 2. The van der Waals surface area contributed by atoms with Crippen molar-refractivity contribution in [2.45, 2.75) is 25.8 Å². The van der Waals surface area contributed by atoms with Crippen LogP contribution in [0.4, 0.5) is 0 Å². The van der Waals surface area contributed by atoms with Gasteiger partial charge in [0.05, 0.1) is 12.6 Å². The number of carboxylic acid groups (broad SMARTS) is 1. The monoisotopic (exact) mass is 330 g/mol. The second-order valence-electron chi connectivity index (χ2n) is 5.54. The Labute approximate surface area is 138 Å². The number of carbonyl (C=O) groups is 2. The Hall–Kier alpha value is -2.83. The van der Waals surface area contributed by atoms with Gasteiger partial charge in [0.15, 0.2) is 0 Å². The molecule has 1 amide bonds. The van der Waals surface area contributed by atoms with E-state index in [4.69, 9.17) is 9.47 Å². The number of benzene rings is 1.